The Hall–Kier alpha value is -0.610. The van der Waals surface area contributed by atoms with Crippen molar-refractivity contribution in [3.63, 3.8) is 0 Å². The number of rotatable bonds is 8. The lowest BCUT2D eigenvalue weighted by molar-refractivity contribution is -0.121. The summed E-state index contributed by atoms with van der Waals surface area (Å²) in [5, 5.41) is 3.04. The van der Waals surface area contributed by atoms with Gasteiger partial charge in [-0.1, -0.05) is 0 Å². The number of carbonyl (C=O) groups excluding carboxylic acids is 1. The molecule has 0 unspecified atom stereocenters. The maximum atomic E-state index is 11.8. The van der Waals surface area contributed by atoms with Crippen LogP contribution in [0.25, 0.3) is 0 Å². The molecule has 0 aromatic carbocycles. The van der Waals surface area contributed by atoms with Gasteiger partial charge in [0.1, 0.15) is 0 Å². The molecule has 0 saturated heterocycles. The monoisotopic (exact) mass is 283 g/mol. The van der Waals surface area contributed by atoms with Gasteiger partial charge < -0.3 is 16.0 Å². The Morgan fingerprint density at radius 2 is 1.95 bits per heavy atom. The summed E-state index contributed by atoms with van der Waals surface area (Å²) in [4.78, 5) is 14.1. The first-order valence-electron chi connectivity index (χ1n) is 8.21. The highest BCUT2D eigenvalue weighted by Gasteiger charge is 2.18. The molecule has 1 aliphatic carbocycles. The molecule has 118 valence electrons. The van der Waals surface area contributed by atoms with E-state index < -0.39 is 0 Å². The van der Waals surface area contributed by atoms with E-state index in [1.54, 1.807) is 0 Å². The van der Waals surface area contributed by atoms with Crippen molar-refractivity contribution in [2.24, 2.45) is 11.7 Å². The molecule has 0 heterocycles. The van der Waals surface area contributed by atoms with Gasteiger partial charge in [0.15, 0.2) is 0 Å². The molecule has 1 fully saturated rings. The smallest absolute Gasteiger partial charge is 0.220 e. The van der Waals surface area contributed by atoms with Crippen LogP contribution in [0.15, 0.2) is 0 Å². The lowest BCUT2D eigenvalue weighted by atomic mass is 9.84. The Kier molecular flexibility index (Phi) is 8.15. The van der Waals surface area contributed by atoms with Crippen LogP contribution in [0.4, 0.5) is 0 Å². The van der Waals surface area contributed by atoms with E-state index in [-0.39, 0.29) is 5.91 Å². The highest BCUT2D eigenvalue weighted by Crippen LogP contribution is 2.26. The van der Waals surface area contributed by atoms with Crippen LogP contribution in [0.2, 0.25) is 0 Å². The van der Waals surface area contributed by atoms with Crippen molar-refractivity contribution < 1.29 is 4.79 Å². The van der Waals surface area contributed by atoms with Gasteiger partial charge in [-0.15, -0.1) is 0 Å². The van der Waals surface area contributed by atoms with Gasteiger partial charge in [0.25, 0.3) is 0 Å². The van der Waals surface area contributed by atoms with Gasteiger partial charge in [-0.2, -0.15) is 0 Å². The maximum Gasteiger partial charge on any atom is 0.220 e. The molecule has 0 aromatic heterocycles. The molecule has 0 bridgehead atoms. The first kappa shape index (κ1) is 17.4. The zero-order chi connectivity index (χ0) is 15.0. The molecular formula is C16H33N3O. The largest absolute Gasteiger partial charge is 0.356 e. The zero-order valence-corrected chi connectivity index (χ0v) is 13.5. The number of amides is 1. The summed E-state index contributed by atoms with van der Waals surface area (Å²) in [5.74, 6) is 0.930. The molecular weight excluding hydrogens is 250 g/mol. The predicted octanol–water partition coefficient (Wildman–Crippen LogP) is 2.13. The number of nitrogens with two attached hydrogens (primary N) is 1. The van der Waals surface area contributed by atoms with Gasteiger partial charge in [0.05, 0.1) is 0 Å². The fourth-order valence-electron chi connectivity index (χ4n) is 2.71. The van der Waals surface area contributed by atoms with Crippen LogP contribution in [-0.2, 0) is 4.79 Å². The fraction of sp³-hybridized carbons (Fsp3) is 0.938. The van der Waals surface area contributed by atoms with Gasteiger partial charge in [0.2, 0.25) is 5.91 Å². The number of nitrogens with zero attached hydrogens (tertiary/aromatic N) is 1. The average molecular weight is 283 g/mol. The Morgan fingerprint density at radius 1 is 1.30 bits per heavy atom. The van der Waals surface area contributed by atoms with Crippen LogP contribution >= 0.6 is 0 Å². The number of carbonyl (C=O) groups is 1. The van der Waals surface area contributed by atoms with Crippen LogP contribution in [0.5, 0.6) is 0 Å². The molecule has 1 saturated carbocycles. The van der Waals surface area contributed by atoms with E-state index in [4.69, 9.17) is 5.73 Å². The summed E-state index contributed by atoms with van der Waals surface area (Å²) in [6, 6.07) is 0.974. The summed E-state index contributed by atoms with van der Waals surface area (Å²) >= 11 is 0. The number of hydrogen-bond acceptors (Lipinski definition) is 3. The van der Waals surface area contributed by atoms with E-state index >= 15 is 0 Å². The van der Waals surface area contributed by atoms with Gasteiger partial charge in [-0.05, 0) is 71.9 Å². The van der Waals surface area contributed by atoms with Crippen molar-refractivity contribution >= 4 is 5.91 Å². The minimum Gasteiger partial charge on any atom is -0.356 e. The Bertz CT molecular complexity index is 273. The summed E-state index contributed by atoms with van der Waals surface area (Å²) in [5.41, 5.74) is 5.90. The molecule has 4 heteroatoms. The lowest BCUT2D eigenvalue weighted by Crippen LogP contribution is -2.31. The molecule has 1 rings (SSSR count). The SMILES string of the molecule is CC(C)N(C)CCCNC(=O)CCC1CCC(N)CC1. The third-order valence-corrected chi connectivity index (χ3v) is 4.56. The molecule has 0 atom stereocenters. The Morgan fingerprint density at radius 3 is 2.55 bits per heavy atom. The molecule has 0 aliphatic heterocycles. The second-order valence-electron chi connectivity index (χ2n) is 6.60. The molecule has 4 nitrogen and oxygen atoms in total. The first-order valence-corrected chi connectivity index (χ1v) is 8.21. The number of hydrogen-bond donors (Lipinski definition) is 2. The summed E-state index contributed by atoms with van der Waals surface area (Å²) in [7, 11) is 2.13. The minimum absolute atomic E-state index is 0.215. The van der Waals surface area contributed by atoms with Gasteiger partial charge in [-0.3, -0.25) is 4.79 Å². The van der Waals surface area contributed by atoms with Crippen molar-refractivity contribution in [1.29, 1.82) is 0 Å². The second kappa shape index (κ2) is 9.35. The third kappa shape index (κ3) is 7.25. The Balaban J connectivity index is 2.00. The topological polar surface area (TPSA) is 58.4 Å². The van der Waals surface area contributed by atoms with Crippen molar-refractivity contribution in [3.8, 4) is 0 Å². The molecule has 0 spiro atoms. The second-order valence-corrected chi connectivity index (χ2v) is 6.60. The molecule has 20 heavy (non-hydrogen) atoms. The third-order valence-electron chi connectivity index (χ3n) is 4.56. The summed E-state index contributed by atoms with van der Waals surface area (Å²) in [6.45, 7) is 6.22. The van der Waals surface area contributed by atoms with E-state index in [0.717, 1.165) is 38.8 Å². The molecule has 1 amide bonds. The van der Waals surface area contributed by atoms with E-state index in [1.807, 2.05) is 0 Å². The lowest BCUT2D eigenvalue weighted by Gasteiger charge is -2.25. The highest BCUT2D eigenvalue weighted by molar-refractivity contribution is 5.75. The van der Waals surface area contributed by atoms with Gasteiger partial charge in [-0.25, -0.2) is 0 Å². The van der Waals surface area contributed by atoms with E-state index in [2.05, 4.69) is 31.1 Å². The van der Waals surface area contributed by atoms with Gasteiger partial charge >= 0.3 is 0 Å². The van der Waals surface area contributed by atoms with Crippen molar-refractivity contribution in [3.05, 3.63) is 0 Å². The maximum absolute atomic E-state index is 11.8. The summed E-state index contributed by atoms with van der Waals surface area (Å²) < 4.78 is 0. The number of nitrogens with one attached hydrogen (secondary N) is 1. The summed E-state index contributed by atoms with van der Waals surface area (Å²) in [6.07, 6.45) is 7.41. The highest BCUT2D eigenvalue weighted by atomic mass is 16.1. The van der Waals surface area contributed by atoms with E-state index in [9.17, 15) is 4.79 Å². The van der Waals surface area contributed by atoms with Gasteiger partial charge in [0, 0.05) is 25.0 Å². The zero-order valence-electron chi connectivity index (χ0n) is 13.5. The normalized spacial score (nSPS) is 23.3. The molecule has 3 N–H and O–H groups in total. The van der Waals surface area contributed by atoms with Crippen molar-refractivity contribution in [2.75, 3.05) is 20.1 Å². The Labute approximate surface area is 124 Å². The van der Waals surface area contributed by atoms with Crippen LogP contribution in [0.1, 0.15) is 58.8 Å². The quantitative estimate of drug-likeness (QED) is 0.671. The minimum atomic E-state index is 0.215. The first-order chi connectivity index (χ1) is 9.49. The molecule has 0 aromatic rings. The van der Waals surface area contributed by atoms with Crippen LogP contribution in [-0.4, -0.2) is 43.0 Å². The molecule has 1 aliphatic rings. The predicted molar refractivity (Wildman–Crippen MR) is 84.6 cm³/mol. The fourth-order valence-corrected chi connectivity index (χ4v) is 2.71. The van der Waals surface area contributed by atoms with Crippen molar-refractivity contribution in [2.45, 2.75) is 70.9 Å². The average Bonchev–Trinajstić information content (AvgIpc) is 2.42. The van der Waals surface area contributed by atoms with E-state index in [1.165, 1.54) is 12.8 Å². The van der Waals surface area contributed by atoms with Crippen LogP contribution in [0, 0.1) is 5.92 Å². The van der Waals surface area contributed by atoms with Crippen LogP contribution < -0.4 is 11.1 Å². The molecule has 0 radical (unpaired) electrons. The van der Waals surface area contributed by atoms with Crippen molar-refractivity contribution in [1.82, 2.24) is 10.2 Å². The van der Waals surface area contributed by atoms with E-state index in [0.29, 0.717) is 24.4 Å². The van der Waals surface area contributed by atoms with Crippen LogP contribution in [0.3, 0.4) is 0 Å². The standard InChI is InChI=1S/C16H33N3O/c1-13(2)19(3)12-4-11-18-16(20)10-7-14-5-8-15(17)9-6-14/h13-15H,4-12,17H2,1-3H3,(H,18,20).